The van der Waals surface area contributed by atoms with Gasteiger partial charge in [-0.15, -0.1) is 0 Å². The van der Waals surface area contributed by atoms with E-state index in [4.69, 9.17) is 0 Å². The number of nitrogens with zero attached hydrogens (tertiary/aromatic N) is 2. The lowest BCUT2D eigenvalue weighted by Crippen LogP contribution is -2.40. The monoisotopic (exact) mass is 171 g/mol. The lowest BCUT2D eigenvalue weighted by Gasteiger charge is -2.20. The quantitative estimate of drug-likeness (QED) is 0.501. The highest BCUT2D eigenvalue weighted by atomic mass is 15.3. The third-order valence-corrected chi connectivity index (χ3v) is 1.22. The molecule has 0 saturated heterocycles. The van der Waals surface area contributed by atoms with Gasteiger partial charge in [0, 0.05) is 26.2 Å². The SMILES string of the molecule is CC(C)/N=C(/NC(C)C)N(C)C. The summed E-state index contributed by atoms with van der Waals surface area (Å²) in [6.07, 6.45) is 0. The van der Waals surface area contributed by atoms with Crippen LogP contribution in [0.2, 0.25) is 0 Å². The number of rotatable bonds is 2. The molecular weight excluding hydrogens is 150 g/mol. The molecule has 1 N–H and O–H groups in total. The van der Waals surface area contributed by atoms with Crippen molar-refractivity contribution in [2.75, 3.05) is 14.1 Å². The highest BCUT2D eigenvalue weighted by Crippen LogP contribution is 1.90. The second-order valence-electron chi connectivity index (χ2n) is 3.74. The van der Waals surface area contributed by atoms with Crippen molar-refractivity contribution < 1.29 is 0 Å². The summed E-state index contributed by atoms with van der Waals surface area (Å²) in [7, 11) is 3.99. The van der Waals surface area contributed by atoms with Crippen LogP contribution in [0.3, 0.4) is 0 Å². The van der Waals surface area contributed by atoms with Gasteiger partial charge in [0.05, 0.1) is 0 Å². The fourth-order valence-electron chi connectivity index (χ4n) is 0.785. The van der Waals surface area contributed by atoms with Gasteiger partial charge in [-0.2, -0.15) is 0 Å². The van der Waals surface area contributed by atoms with Crippen molar-refractivity contribution in [2.45, 2.75) is 39.8 Å². The molecule has 0 amide bonds. The number of aliphatic imine (C=N–C) groups is 1. The number of hydrogen-bond donors (Lipinski definition) is 1. The van der Waals surface area contributed by atoms with Crippen molar-refractivity contribution in [1.82, 2.24) is 10.2 Å². The van der Waals surface area contributed by atoms with Crippen molar-refractivity contribution in [3.63, 3.8) is 0 Å². The minimum Gasteiger partial charge on any atom is -0.354 e. The van der Waals surface area contributed by atoms with E-state index in [0.29, 0.717) is 12.1 Å². The number of guanidine groups is 1. The Kier molecular flexibility index (Phi) is 4.71. The Labute approximate surface area is 75.9 Å². The first-order valence-corrected chi connectivity index (χ1v) is 4.45. The summed E-state index contributed by atoms with van der Waals surface area (Å²) in [5.41, 5.74) is 0. The Hall–Kier alpha value is -0.730. The summed E-state index contributed by atoms with van der Waals surface area (Å²) in [6, 6.07) is 0.776. The van der Waals surface area contributed by atoms with Gasteiger partial charge in [-0.1, -0.05) is 0 Å². The molecule has 0 aliphatic carbocycles. The zero-order valence-electron chi connectivity index (χ0n) is 9.05. The molecule has 0 spiro atoms. The minimum atomic E-state index is 0.341. The van der Waals surface area contributed by atoms with E-state index in [2.05, 4.69) is 38.0 Å². The van der Waals surface area contributed by atoms with Crippen LogP contribution in [0.4, 0.5) is 0 Å². The molecule has 0 radical (unpaired) electrons. The zero-order valence-corrected chi connectivity index (χ0v) is 9.05. The molecule has 0 aliphatic heterocycles. The molecule has 0 saturated carbocycles. The Balaban J connectivity index is 4.23. The van der Waals surface area contributed by atoms with Crippen molar-refractivity contribution >= 4 is 5.96 Å². The highest BCUT2D eigenvalue weighted by Gasteiger charge is 2.03. The first kappa shape index (κ1) is 11.3. The molecule has 0 aromatic heterocycles. The Bertz CT molecular complexity index is 148. The molecule has 3 heteroatoms. The molecule has 3 nitrogen and oxygen atoms in total. The molecule has 0 rings (SSSR count). The fourth-order valence-corrected chi connectivity index (χ4v) is 0.785. The largest absolute Gasteiger partial charge is 0.354 e. The van der Waals surface area contributed by atoms with E-state index in [1.165, 1.54) is 0 Å². The molecule has 0 bridgehead atoms. The summed E-state index contributed by atoms with van der Waals surface area (Å²) < 4.78 is 0. The maximum absolute atomic E-state index is 4.45. The van der Waals surface area contributed by atoms with E-state index in [1.807, 2.05) is 19.0 Å². The number of nitrogens with one attached hydrogen (secondary N) is 1. The van der Waals surface area contributed by atoms with E-state index in [1.54, 1.807) is 0 Å². The molecule has 0 aliphatic rings. The summed E-state index contributed by atoms with van der Waals surface area (Å²) in [5, 5.41) is 3.29. The average molecular weight is 171 g/mol. The lowest BCUT2D eigenvalue weighted by atomic mass is 10.4. The molecule has 0 fully saturated rings. The van der Waals surface area contributed by atoms with Gasteiger partial charge in [-0.25, -0.2) is 0 Å². The van der Waals surface area contributed by atoms with Crippen LogP contribution in [-0.2, 0) is 0 Å². The van der Waals surface area contributed by atoms with Crippen molar-refractivity contribution in [1.29, 1.82) is 0 Å². The third-order valence-electron chi connectivity index (χ3n) is 1.22. The van der Waals surface area contributed by atoms with Gasteiger partial charge in [0.15, 0.2) is 5.96 Å². The van der Waals surface area contributed by atoms with Gasteiger partial charge in [-0.05, 0) is 27.7 Å². The van der Waals surface area contributed by atoms with E-state index < -0.39 is 0 Å². The molecule has 0 atom stereocenters. The summed E-state index contributed by atoms with van der Waals surface area (Å²) >= 11 is 0. The topological polar surface area (TPSA) is 27.6 Å². The van der Waals surface area contributed by atoms with Crippen molar-refractivity contribution in [3.8, 4) is 0 Å². The molecule has 0 unspecified atom stereocenters. The van der Waals surface area contributed by atoms with Crippen LogP contribution in [0, 0.1) is 0 Å². The molecule has 0 heterocycles. The van der Waals surface area contributed by atoms with Crippen LogP contribution in [0.1, 0.15) is 27.7 Å². The predicted molar refractivity (Wildman–Crippen MR) is 54.5 cm³/mol. The van der Waals surface area contributed by atoms with Gasteiger partial charge in [0.1, 0.15) is 0 Å². The van der Waals surface area contributed by atoms with E-state index in [0.717, 1.165) is 5.96 Å². The maximum atomic E-state index is 4.45. The summed E-state index contributed by atoms with van der Waals surface area (Å²) in [5.74, 6) is 0.958. The first-order valence-electron chi connectivity index (χ1n) is 4.45. The second-order valence-corrected chi connectivity index (χ2v) is 3.74. The smallest absolute Gasteiger partial charge is 0.193 e. The van der Waals surface area contributed by atoms with Crippen LogP contribution in [-0.4, -0.2) is 37.0 Å². The van der Waals surface area contributed by atoms with Crippen LogP contribution in [0.15, 0.2) is 4.99 Å². The Morgan fingerprint density at radius 2 is 1.67 bits per heavy atom. The predicted octanol–water partition coefficient (Wildman–Crippen LogP) is 1.31. The van der Waals surface area contributed by atoms with Gasteiger partial charge in [-0.3, -0.25) is 4.99 Å². The summed E-state index contributed by atoms with van der Waals surface area (Å²) in [4.78, 5) is 6.45. The standard InChI is InChI=1S/C9H21N3/c1-7(2)10-9(12(5)6)11-8(3)4/h7-8H,1-6H3,(H,10,11). The van der Waals surface area contributed by atoms with Crippen molar-refractivity contribution in [3.05, 3.63) is 0 Å². The fraction of sp³-hybridized carbons (Fsp3) is 0.889. The third kappa shape index (κ3) is 4.99. The van der Waals surface area contributed by atoms with E-state index >= 15 is 0 Å². The van der Waals surface area contributed by atoms with Crippen LogP contribution in [0.5, 0.6) is 0 Å². The summed E-state index contributed by atoms with van der Waals surface area (Å²) in [6.45, 7) is 8.37. The van der Waals surface area contributed by atoms with Gasteiger partial charge < -0.3 is 10.2 Å². The number of hydrogen-bond acceptors (Lipinski definition) is 1. The Morgan fingerprint density at radius 3 is 1.92 bits per heavy atom. The minimum absolute atomic E-state index is 0.341. The first-order chi connectivity index (χ1) is 5.43. The zero-order chi connectivity index (χ0) is 9.72. The lowest BCUT2D eigenvalue weighted by molar-refractivity contribution is 0.552. The second kappa shape index (κ2) is 5.01. The van der Waals surface area contributed by atoms with Crippen LogP contribution < -0.4 is 5.32 Å². The molecule has 0 aromatic rings. The molecule has 72 valence electrons. The molecular formula is C9H21N3. The average Bonchev–Trinajstić information content (AvgIpc) is 1.83. The van der Waals surface area contributed by atoms with Crippen molar-refractivity contribution in [2.24, 2.45) is 4.99 Å². The maximum Gasteiger partial charge on any atom is 0.193 e. The van der Waals surface area contributed by atoms with Gasteiger partial charge in [0.25, 0.3) is 0 Å². The van der Waals surface area contributed by atoms with Gasteiger partial charge in [0.2, 0.25) is 0 Å². The van der Waals surface area contributed by atoms with Crippen LogP contribution in [0.25, 0.3) is 0 Å². The molecule has 12 heavy (non-hydrogen) atoms. The van der Waals surface area contributed by atoms with Gasteiger partial charge >= 0.3 is 0 Å². The Morgan fingerprint density at radius 1 is 1.17 bits per heavy atom. The van der Waals surface area contributed by atoms with E-state index in [-0.39, 0.29) is 0 Å². The highest BCUT2D eigenvalue weighted by molar-refractivity contribution is 5.79. The molecule has 0 aromatic carbocycles. The normalized spacial score (nSPS) is 12.5. The van der Waals surface area contributed by atoms with Crippen LogP contribution >= 0.6 is 0 Å². The van der Waals surface area contributed by atoms with E-state index in [9.17, 15) is 0 Å².